The van der Waals surface area contributed by atoms with Crippen molar-refractivity contribution in [3.8, 4) is 0 Å². The Bertz CT molecular complexity index is 454. The first kappa shape index (κ1) is 20.4. The van der Waals surface area contributed by atoms with E-state index in [9.17, 15) is 10.2 Å². The van der Waals surface area contributed by atoms with Crippen molar-refractivity contribution in [1.82, 2.24) is 0 Å². The van der Waals surface area contributed by atoms with Crippen LogP contribution in [0, 0.1) is 22.7 Å². The number of hydrogen-bond acceptors (Lipinski definition) is 3. The van der Waals surface area contributed by atoms with E-state index in [-0.39, 0.29) is 40.6 Å². The molecule has 0 amide bonds. The van der Waals surface area contributed by atoms with Gasteiger partial charge in [0.15, 0.2) is 8.32 Å². The summed E-state index contributed by atoms with van der Waals surface area (Å²) in [5.74, 6) is 0.605. The third-order valence-electron chi connectivity index (χ3n) is 7.93. The summed E-state index contributed by atoms with van der Waals surface area (Å²) >= 11 is 0. The maximum Gasteiger partial charge on any atom is 0.192 e. The highest BCUT2D eigenvalue weighted by Gasteiger charge is 2.58. The van der Waals surface area contributed by atoms with Crippen molar-refractivity contribution in [2.45, 2.75) is 97.6 Å². The van der Waals surface area contributed by atoms with Gasteiger partial charge in [0.25, 0.3) is 0 Å². The molecular weight excluding hydrogens is 316 g/mol. The number of hydrogen-bond donors (Lipinski definition) is 2. The summed E-state index contributed by atoms with van der Waals surface area (Å²) in [6.45, 7) is 18.8. The Hall–Kier alpha value is 0.0969. The van der Waals surface area contributed by atoms with E-state index in [1.807, 2.05) is 0 Å². The van der Waals surface area contributed by atoms with Gasteiger partial charge in [0.1, 0.15) is 0 Å². The van der Waals surface area contributed by atoms with Gasteiger partial charge in [0.05, 0.1) is 12.2 Å². The van der Waals surface area contributed by atoms with Crippen LogP contribution in [0.3, 0.4) is 0 Å². The molecule has 0 saturated heterocycles. The average Bonchev–Trinajstić information content (AvgIpc) is 2.42. The van der Waals surface area contributed by atoms with Crippen LogP contribution in [-0.4, -0.2) is 37.3 Å². The highest BCUT2D eigenvalue weighted by Crippen LogP contribution is 2.61. The Morgan fingerprint density at radius 1 is 1.12 bits per heavy atom. The summed E-state index contributed by atoms with van der Waals surface area (Å²) in [5, 5.41) is 20.5. The highest BCUT2D eigenvalue weighted by atomic mass is 28.4. The lowest BCUT2D eigenvalue weighted by molar-refractivity contribution is -0.161. The van der Waals surface area contributed by atoms with Gasteiger partial charge in [-0.1, -0.05) is 41.5 Å². The van der Waals surface area contributed by atoms with Crippen LogP contribution >= 0.6 is 0 Å². The molecule has 2 aliphatic carbocycles. The molecule has 0 heterocycles. The summed E-state index contributed by atoms with van der Waals surface area (Å²) in [4.78, 5) is 0. The molecule has 0 bridgehead atoms. The van der Waals surface area contributed by atoms with Gasteiger partial charge in [-0.15, -0.1) is 0 Å². The van der Waals surface area contributed by atoms with E-state index in [0.717, 1.165) is 25.7 Å². The van der Waals surface area contributed by atoms with E-state index < -0.39 is 8.32 Å². The van der Waals surface area contributed by atoms with Gasteiger partial charge in [-0.2, -0.15) is 0 Å². The molecule has 0 unspecified atom stereocenters. The molecule has 0 aromatic rings. The predicted molar refractivity (Wildman–Crippen MR) is 102 cm³/mol. The Balaban J connectivity index is 2.29. The smallest absolute Gasteiger partial charge is 0.192 e. The van der Waals surface area contributed by atoms with Crippen LogP contribution in [0.5, 0.6) is 0 Å². The molecule has 2 fully saturated rings. The lowest BCUT2D eigenvalue weighted by atomic mass is 9.47. The van der Waals surface area contributed by atoms with Crippen molar-refractivity contribution in [2.75, 3.05) is 6.61 Å². The molecule has 24 heavy (non-hydrogen) atoms. The van der Waals surface area contributed by atoms with Crippen LogP contribution in [0.25, 0.3) is 0 Å². The quantitative estimate of drug-likeness (QED) is 0.728. The normalized spacial score (nSPS) is 40.2. The van der Waals surface area contributed by atoms with Gasteiger partial charge < -0.3 is 14.6 Å². The summed E-state index contributed by atoms with van der Waals surface area (Å²) in [7, 11) is -1.82. The van der Waals surface area contributed by atoms with Gasteiger partial charge >= 0.3 is 0 Å². The molecule has 0 spiro atoms. The first-order valence-corrected chi connectivity index (χ1v) is 12.6. The fourth-order valence-electron chi connectivity index (χ4n) is 5.12. The van der Waals surface area contributed by atoms with Crippen molar-refractivity contribution in [1.29, 1.82) is 0 Å². The fraction of sp³-hybridized carbons (Fsp3) is 1.00. The van der Waals surface area contributed by atoms with E-state index in [4.69, 9.17) is 4.43 Å². The molecule has 4 heteroatoms. The summed E-state index contributed by atoms with van der Waals surface area (Å²) in [6.07, 6.45) is 3.72. The van der Waals surface area contributed by atoms with E-state index in [1.54, 1.807) is 0 Å². The highest BCUT2D eigenvalue weighted by molar-refractivity contribution is 6.74. The van der Waals surface area contributed by atoms with Gasteiger partial charge in [-0.3, -0.25) is 0 Å². The summed E-state index contributed by atoms with van der Waals surface area (Å²) < 4.78 is 6.85. The van der Waals surface area contributed by atoms with Gasteiger partial charge in [0.2, 0.25) is 0 Å². The molecule has 5 atom stereocenters. The first-order valence-electron chi connectivity index (χ1n) is 9.72. The molecule has 3 nitrogen and oxygen atoms in total. The van der Waals surface area contributed by atoms with Crippen LogP contribution < -0.4 is 0 Å². The Kier molecular flexibility index (Phi) is 5.41. The number of rotatable bonds is 3. The van der Waals surface area contributed by atoms with Crippen molar-refractivity contribution in [3.05, 3.63) is 0 Å². The van der Waals surface area contributed by atoms with Crippen LogP contribution in [0.1, 0.15) is 67.2 Å². The zero-order chi connectivity index (χ0) is 18.6. The molecule has 2 aliphatic rings. The van der Waals surface area contributed by atoms with E-state index in [0.29, 0.717) is 5.92 Å². The lowest BCUT2D eigenvalue weighted by Crippen LogP contribution is -2.60. The maximum absolute atomic E-state index is 10.4. The molecule has 2 rings (SSSR count). The molecular formula is C20H40O3Si. The zero-order valence-electron chi connectivity index (χ0n) is 17.1. The third kappa shape index (κ3) is 3.36. The zero-order valence-corrected chi connectivity index (χ0v) is 18.1. The van der Waals surface area contributed by atoms with Crippen molar-refractivity contribution < 1.29 is 14.6 Å². The monoisotopic (exact) mass is 356 g/mol. The van der Waals surface area contributed by atoms with Crippen LogP contribution in [-0.2, 0) is 4.43 Å². The second-order valence-corrected chi connectivity index (χ2v) is 15.5. The van der Waals surface area contributed by atoms with Crippen molar-refractivity contribution >= 4 is 8.32 Å². The summed E-state index contributed by atoms with van der Waals surface area (Å²) in [5.41, 5.74) is 0.141. The molecule has 142 valence electrons. The second kappa shape index (κ2) is 6.36. The maximum atomic E-state index is 10.4. The van der Waals surface area contributed by atoms with Gasteiger partial charge in [0, 0.05) is 6.61 Å². The second-order valence-electron chi connectivity index (χ2n) is 10.8. The number of aliphatic hydroxyl groups excluding tert-OH is 2. The van der Waals surface area contributed by atoms with Crippen LogP contribution in [0.4, 0.5) is 0 Å². The molecule has 0 radical (unpaired) electrons. The van der Waals surface area contributed by atoms with E-state index in [1.165, 1.54) is 0 Å². The molecule has 0 aromatic heterocycles. The number of fused-ring (bicyclic) bond motifs is 1. The minimum absolute atomic E-state index is 0.0251. The standard InChI is InChI=1S/C20H40O3Si/c1-18(2,3)24(7,8)23-17-9-10-20(6)14(13-21)11-15(22)12-16(20)19(17,4)5/h14-17,21-22H,9-13H2,1-8H3/t14-,15+,16+,17+,20-/m1/s1. The Morgan fingerprint density at radius 2 is 1.71 bits per heavy atom. The predicted octanol–water partition coefficient (Wildman–Crippen LogP) is 4.58. The lowest BCUT2D eigenvalue weighted by Gasteiger charge is -2.61. The minimum atomic E-state index is -1.82. The molecule has 0 aromatic carbocycles. The Labute approximate surface area is 150 Å². The first-order chi connectivity index (χ1) is 10.8. The van der Waals surface area contributed by atoms with Crippen molar-refractivity contribution in [3.63, 3.8) is 0 Å². The largest absolute Gasteiger partial charge is 0.413 e. The van der Waals surface area contributed by atoms with Crippen LogP contribution in [0.2, 0.25) is 18.1 Å². The molecule has 2 saturated carbocycles. The summed E-state index contributed by atoms with van der Waals surface area (Å²) in [6, 6.07) is 0. The minimum Gasteiger partial charge on any atom is -0.413 e. The van der Waals surface area contributed by atoms with Gasteiger partial charge in [-0.25, -0.2) is 0 Å². The molecule has 0 aliphatic heterocycles. The SMILES string of the molecule is CC1(C)[C@@H](O[Si](C)(C)C(C)(C)C)CC[C@]2(C)[C@@H](CO)C[C@H](O)C[C@@H]12. The molecule has 2 N–H and O–H groups in total. The average molecular weight is 357 g/mol. The number of aliphatic hydroxyl groups is 2. The Morgan fingerprint density at radius 3 is 2.21 bits per heavy atom. The van der Waals surface area contributed by atoms with E-state index >= 15 is 0 Å². The van der Waals surface area contributed by atoms with Crippen LogP contribution in [0.15, 0.2) is 0 Å². The third-order valence-corrected chi connectivity index (χ3v) is 12.4. The van der Waals surface area contributed by atoms with E-state index in [2.05, 4.69) is 54.6 Å². The topological polar surface area (TPSA) is 49.7 Å². The fourth-order valence-corrected chi connectivity index (χ4v) is 6.60. The van der Waals surface area contributed by atoms with Gasteiger partial charge in [-0.05, 0) is 66.5 Å². The van der Waals surface area contributed by atoms with Crippen molar-refractivity contribution in [2.24, 2.45) is 22.7 Å².